The SMILES string of the molecule is CCCCCCCCCCCCCCC(C(=O)O)C(C(=O)O)S(=O)(=O)O.[H-].[H-].[H-].[Na+].[Na+].[Na+]. The predicted molar refractivity (Wildman–Crippen MR) is 103 cm³/mol. The van der Waals surface area contributed by atoms with E-state index in [1.165, 1.54) is 44.9 Å². The summed E-state index contributed by atoms with van der Waals surface area (Å²) in [6.45, 7) is 2.20. The van der Waals surface area contributed by atoms with Gasteiger partial charge in [-0.3, -0.25) is 14.1 Å². The zero-order valence-corrected chi connectivity index (χ0v) is 25.5. The van der Waals surface area contributed by atoms with Crippen molar-refractivity contribution >= 4 is 22.1 Å². The van der Waals surface area contributed by atoms with Crippen LogP contribution in [0.4, 0.5) is 0 Å². The van der Waals surface area contributed by atoms with E-state index >= 15 is 0 Å². The van der Waals surface area contributed by atoms with Crippen molar-refractivity contribution in [3.8, 4) is 0 Å². The van der Waals surface area contributed by atoms with Crippen LogP contribution in [0.1, 0.15) is 94.7 Å². The summed E-state index contributed by atoms with van der Waals surface area (Å²) < 4.78 is 31.3. The van der Waals surface area contributed by atoms with E-state index < -0.39 is 33.2 Å². The van der Waals surface area contributed by atoms with E-state index in [9.17, 15) is 18.0 Å². The molecule has 0 radical (unpaired) electrons. The van der Waals surface area contributed by atoms with Gasteiger partial charge in [0.15, 0.2) is 5.25 Å². The largest absolute Gasteiger partial charge is 1.00 e. The first kappa shape index (κ1) is 38.1. The van der Waals surface area contributed by atoms with Gasteiger partial charge in [0.05, 0.1) is 5.92 Å². The molecular formula is C18H37Na3O7S. The van der Waals surface area contributed by atoms with Crippen LogP contribution >= 0.6 is 0 Å². The van der Waals surface area contributed by atoms with E-state index in [4.69, 9.17) is 14.8 Å². The fourth-order valence-electron chi connectivity index (χ4n) is 3.12. The van der Waals surface area contributed by atoms with Crippen LogP contribution < -0.4 is 88.7 Å². The smallest absolute Gasteiger partial charge is 1.00 e. The molecule has 0 aliphatic carbocycles. The number of hydrogen-bond donors (Lipinski definition) is 3. The van der Waals surface area contributed by atoms with Gasteiger partial charge >= 0.3 is 101 Å². The molecule has 0 aromatic heterocycles. The van der Waals surface area contributed by atoms with Gasteiger partial charge in [0.2, 0.25) is 0 Å². The van der Waals surface area contributed by atoms with Crippen molar-refractivity contribution in [2.24, 2.45) is 5.92 Å². The fourth-order valence-corrected chi connectivity index (χ4v) is 4.04. The third kappa shape index (κ3) is 20.2. The topological polar surface area (TPSA) is 129 Å². The Hall–Kier alpha value is 1.85. The van der Waals surface area contributed by atoms with Crippen molar-refractivity contribution < 1.29 is 126 Å². The maximum absolute atomic E-state index is 11.2. The van der Waals surface area contributed by atoms with Gasteiger partial charge in [0.25, 0.3) is 10.1 Å². The first-order valence-corrected chi connectivity index (χ1v) is 11.1. The minimum Gasteiger partial charge on any atom is -1.00 e. The third-order valence-electron chi connectivity index (χ3n) is 4.62. The Morgan fingerprint density at radius 3 is 1.34 bits per heavy atom. The van der Waals surface area contributed by atoms with Crippen molar-refractivity contribution in [3.05, 3.63) is 0 Å². The van der Waals surface area contributed by atoms with Crippen LogP contribution in [0.3, 0.4) is 0 Å². The molecule has 0 saturated heterocycles. The van der Waals surface area contributed by atoms with Crippen LogP contribution in [0.5, 0.6) is 0 Å². The third-order valence-corrected chi connectivity index (χ3v) is 5.79. The molecule has 0 fully saturated rings. The molecule has 0 saturated carbocycles. The summed E-state index contributed by atoms with van der Waals surface area (Å²) in [5, 5.41) is 15.7. The Balaban J connectivity index is -0.000000208. The predicted octanol–water partition coefficient (Wildman–Crippen LogP) is -4.53. The van der Waals surface area contributed by atoms with Crippen molar-refractivity contribution in [3.63, 3.8) is 0 Å². The number of carboxylic acid groups (broad SMARTS) is 2. The van der Waals surface area contributed by atoms with Gasteiger partial charge in [-0.25, -0.2) is 0 Å². The maximum atomic E-state index is 11.2. The van der Waals surface area contributed by atoms with Gasteiger partial charge in [0.1, 0.15) is 0 Å². The quantitative estimate of drug-likeness (QED) is 0.112. The molecule has 0 rings (SSSR count). The molecule has 0 aromatic rings. The van der Waals surface area contributed by atoms with Crippen LogP contribution in [-0.2, 0) is 19.7 Å². The monoisotopic (exact) mass is 466 g/mol. The molecule has 11 heteroatoms. The minimum atomic E-state index is -4.96. The van der Waals surface area contributed by atoms with Gasteiger partial charge in [-0.2, -0.15) is 8.42 Å². The molecule has 29 heavy (non-hydrogen) atoms. The van der Waals surface area contributed by atoms with Crippen molar-refractivity contribution in [1.82, 2.24) is 0 Å². The molecule has 0 heterocycles. The first-order valence-electron chi connectivity index (χ1n) is 9.63. The van der Waals surface area contributed by atoms with E-state index in [-0.39, 0.29) is 99.4 Å². The molecule has 0 spiro atoms. The zero-order chi connectivity index (χ0) is 20.0. The second-order valence-corrected chi connectivity index (χ2v) is 8.43. The number of carbonyl (C=O) groups is 2. The van der Waals surface area contributed by atoms with Crippen LogP contribution in [0.15, 0.2) is 0 Å². The normalized spacial score (nSPS) is 12.6. The first-order chi connectivity index (χ1) is 12.2. The summed E-state index contributed by atoms with van der Waals surface area (Å²) in [4.78, 5) is 22.2. The minimum absolute atomic E-state index is 0. The molecule has 160 valence electrons. The molecular weight excluding hydrogens is 429 g/mol. The van der Waals surface area contributed by atoms with Gasteiger partial charge in [-0.05, 0) is 6.42 Å². The average molecular weight is 467 g/mol. The van der Waals surface area contributed by atoms with Crippen molar-refractivity contribution in [1.29, 1.82) is 0 Å². The molecule has 0 aliphatic heterocycles. The molecule has 0 amide bonds. The van der Waals surface area contributed by atoms with Gasteiger partial charge in [-0.15, -0.1) is 0 Å². The van der Waals surface area contributed by atoms with E-state index in [0.717, 1.165) is 25.7 Å². The molecule has 0 aliphatic rings. The van der Waals surface area contributed by atoms with Crippen LogP contribution in [0.2, 0.25) is 0 Å². The summed E-state index contributed by atoms with van der Waals surface area (Å²) in [5.41, 5.74) is 0. The molecule has 3 N–H and O–H groups in total. The van der Waals surface area contributed by atoms with Crippen LogP contribution in [0.25, 0.3) is 0 Å². The summed E-state index contributed by atoms with van der Waals surface area (Å²) in [6, 6.07) is 0. The van der Waals surface area contributed by atoms with E-state index in [0.29, 0.717) is 6.42 Å². The van der Waals surface area contributed by atoms with E-state index in [1.54, 1.807) is 0 Å². The van der Waals surface area contributed by atoms with Crippen molar-refractivity contribution in [2.75, 3.05) is 0 Å². The Morgan fingerprint density at radius 2 is 1.07 bits per heavy atom. The van der Waals surface area contributed by atoms with Gasteiger partial charge < -0.3 is 14.5 Å². The Kier molecular flexibility index (Phi) is 30.3. The number of aliphatic carboxylic acids is 2. The summed E-state index contributed by atoms with van der Waals surface area (Å²) in [5.74, 6) is -4.98. The zero-order valence-electron chi connectivity index (χ0n) is 21.7. The molecule has 0 bridgehead atoms. The average Bonchev–Trinajstić information content (AvgIpc) is 2.52. The molecule has 7 nitrogen and oxygen atoms in total. The molecule has 0 aromatic carbocycles. The number of unbranched alkanes of at least 4 members (excludes halogenated alkanes) is 11. The Morgan fingerprint density at radius 1 is 0.724 bits per heavy atom. The Labute approximate surface area is 246 Å². The van der Waals surface area contributed by atoms with Gasteiger partial charge in [-0.1, -0.05) is 84.0 Å². The molecule has 2 atom stereocenters. The summed E-state index contributed by atoms with van der Waals surface area (Å²) in [7, 11) is -4.96. The summed E-state index contributed by atoms with van der Waals surface area (Å²) in [6.07, 6.45) is 13.0. The van der Waals surface area contributed by atoms with Gasteiger partial charge in [0, 0.05) is 0 Å². The molecule has 2 unspecified atom stereocenters. The summed E-state index contributed by atoms with van der Waals surface area (Å²) >= 11 is 0. The number of carboxylic acids is 2. The standard InChI is InChI=1S/C18H34O7S.3Na.3H/c1-2-3-4-5-6-7-8-9-10-11-12-13-14-15(17(19)20)16(18(21)22)26(23,24)25;;;;;;/h15-16H,2-14H2,1H3,(H,19,20)(H,21,22)(H,23,24,25);;;;;;/q;3*+1;3*-1. The van der Waals surface area contributed by atoms with E-state index in [2.05, 4.69) is 6.92 Å². The number of rotatable bonds is 17. The second-order valence-electron chi connectivity index (χ2n) is 6.90. The fraction of sp³-hybridized carbons (Fsp3) is 0.889. The Bertz CT molecular complexity index is 530. The van der Waals surface area contributed by atoms with E-state index in [1.807, 2.05) is 0 Å². The van der Waals surface area contributed by atoms with Crippen molar-refractivity contribution in [2.45, 2.75) is 95.6 Å². The maximum Gasteiger partial charge on any atom is 1.00 e. The van der Waals surface area contributed by atoms with Crippen LogP contribution in [0, 0.1) is 5.92 Å². The number of hydrogen-bond acceptors (Lipinski definition) is 4. The second kappa shape index (κ2) is 23.0. The van der Waals surface area contributed by atoms with Crippen LogP contribution in [-0.4, -0.2) is 40.4 Å².